The van der Waals surface area contributed by atoms with Crippen LogP contribution >= 0.6 is 27.5 Å². The minimum absolute atomic E-state index is 0.457. The van der Waals surface area contributed by atoms with E-state index < -0.39 is 0 Å². The van der Waals surface area contributed by atoms with Crippen LogP contribution in [0.4, 0.5) is 0 Å². The van der Waals surface area contributed by atoms with Crippen molar-refractivity contribution in [1.82, 2.24) is 0 Å². The summed E-state index contributed by atoms with van der Waals surface area (Å²) in [6.45, 7) is 1.35. The number of rotatable bonds is 6. The molecular formula is C11H14BrClO2. The quantitative estimate of drug-likeness (QED) is 0.589. The van der Waals surface area contributed by atoms with Crippen molar-refractivity contribution < 1.29 is 9.47 Å². The summed E-state index contributed by atoms with van der Waals surface area (Å²) in [4.78, 5) is 0. The van der Waals surface area contributed by atoms with Gasteiger partial charge in [-0.15, -0.1) is 11.6 Å². The van der Waals surface area contributed by atoms with Gasteiger partial charge >= 0.3 is 0 Å². The van der Waals surface area contributed by atoms with Gasteiger partial charge in [0.05, 0.1) is 17.0 Å². The van der Waals surface area contributed by atoms with Gasteiger partial charge in [0, 0.05) is 25.7 Å². The van der Waals surface area contributed by atoms with E-state index in [9.17, 15) is 0 Å². The molecule has 0 aliphatic rings. The van der Waals surface area contributed by atoms with Crippen molar-refractivity contribution >= 4 is 27.5 Å². The van der Waals surface area contributed by atoms with Crippen molar-refractivity contribution in [3.05, 3.63) is 28.2 Å². The summed E-state index contributed by atoms with van der Waals surface area (Å²) >= 11 is 9.26. The van der Waals surface area contributed by atoms with Gasteiger partial charge in [-0.3, -0.25) is 0 Å². The van der Waals surface area contributed by atoms with Gasteiger partial charge in [-0.2, -0.15) is 0 Å². The molecule has 0 aliphatic heterocycles. The van der Waals surface area contributed by atoms with E-state index in [4.69, 9.17) is 21.1 Å². The second kappa shape index (κ2) is 7.09. The van der Waals surface area contributed by atoms with E-state index in [2.05, 4.69) is 15.9 Å². The van der Waals surface area contributed by atoms with Crippen molar-refractivity contribution in [1.29, 1.82) is 0 Å². The number of hydrogen-bond acceptors (Lipinski definition) is 2. The Morgan fingerprint density at radius 3 is 2.80 bits per heavy atom. The SMILES string of the molecule is COCCCOc1c(Br)cccc1CCl. The smallest absolute Gasteiger partial charge is 0.137 e. The van der Waals surface area contributed by atoms with Crippen LogP contribution in [0.3, 0.4) is 0 Å². The van der Waals surface area contributed by atoms with Crippen molar-refractivity contribution in [2.24, 2.45) is 0 Å². The lowest BCUT2D eigenvalue weighted by Gasteiger charge is -2.11. The zero-order chi connectivity index (χ0) is 11.1. The van der Waals surface area contributed by atoms with Crippen molar-refractivity contribution in [2.75, 3.05) is 20.3 Å². The highest BCUT2D eigenvalue weighted by Gasteiger charge is 2.06. The highest BCUT2D eigenvalue weighted by Crippen LogP contribution is 2.30. The Kier molecular flexibility index (Phi) is 6.06. The predicted octanol–water partition coefficient (Wildman–Crippen LogP) is 3.60. The van der Waals surface area contributed by atoms with E-state index in [1.165, 1.54) is 0 Å². The largest absolute Gasteiger partial charge is 0.492 e. The van der Waals surface area contributed by atoms with Crippen LogP contribution in [0.1, 0.15) is 12.0 Å². The summed E-state index contributed by atoms with van der Waals surface area (Å²) in [5.74, 6) is 1.29. The first kappa shape index (κ1) is 12.8. The molecule has 0 fully saturated rings. The first-order valence-corrected chi connectivity index (χ1v) is 6.07. The molecule has 0 unspecified atom stereocenters. The lowest BCUT2D eigenvalue weighted by Crippen LogP contribution is -2.03. The topological polar surface area (TPSA) is 18.5 Å². The zero-order valence-electron chi connectivity index (χ0n) is 8.63. The number of ether oxygens (including phenoxy) is 2. The van der Waals surface area contributed by atoms with Crippen molar-refractivity contribution in [3.8, 4) is 5.75 Å². The third kappa shape index (κ3) is 4.01. The Labute approximate surface area is 104 Å². The van der Waals surface area contributed by atoms with Crippen LogP contribution in [0.5, 0.6) is 5.75 Å². The number of para-hydroxylation sites is 1. The molecular weight excluding hydrogens is 279 g/mol. The highest BCUT2D eigenvalue weighted by molar-refractivity contribution is 9.10. The predicted molar refractivity (Wildman–Crippen MR) is 65.7 cm³/mol. The first-order chi connectivity index (χ1) is 7.29. The van der Waals surface area contributed by atoms with Gasteiger partial charge in [0.1, 0.15) is 5.75 Å². The summed E-state index contributed by atoms with van der Waals surface area (Å²) in [7, 11) is 1.68. The van der Waals surface area contributed by atoms with Crippen LogP contribution in [0, 0.1) is 0 Å². The van der Waals surface area contributed by atoms with Gasteiger partial charge in [-0.25, -0.2) is 0 Å². The Morgan fingerprint density at radius 1 is 1.33 bits per heavy atom. The van der Waals surface area contributed by atoms with E-state index >= 15 is 0 Å². The van der Waals surface area contributed by atoms with E-state index in [0.717, 1.165) is 22.2 Å². The van der Waals surface area contributed by atoms with Gasteiger partial charge < -0.3 is 9.47 Å². The Bertz CT molecular complexity index is 305. The van der Waals surface area contributed by atoms with Gasteiger partial charge in [0.15, 0.2) is 0 Å². The second-order valence-electron chi connectivity index (χ2n) is 3.06. The van der Waals surface area contributed by atoms with E-state index in [1.807, 2.05) is 18.2 Å². The molecule has 1 aromatic carbocycles. The average molecular weight is 294 g/mol. The van der Waals surface area contributed by atoms with Crippen molar-refractivity contribution in [3.63, 3.8) is 0 Å². The summed E-state index contributed by atoms with van der Waals surface area (Å²) in [6.07, 6.45) is 0.875. The number of hydrogen-bond donors (Lipinski definition) is 0. The van der Waals surface area contributed by atoms with Gasteiger partial charge in [0.25, 0.3) is 0 Å². The minimum atomic E-state index is 0.457. The molecule has 0 heterocycles. The third-order valence-electron chi connectivity index (χ3n) is 1.93. The molecule has 0 saturated heterocycles. The van der Waals surface area contributed by atoms with Gasteiger partial charge in [-0.1, -0.05) is 12.1 Å². The second-order valence-corrected chi connectivity index (χ2v) is 4.18. The molecule has 0 atom stereocenters. The zero-order valence-corrected chi connectivity index (χ0v) is 11.0. The molecule has 1 aromatic rings. The monoisotopic (exact) mass is 292 g/mol. The maximum Gasteiger partial charge on any atom is 0.137 e. The summed E-state index contributed by atoms with van der Waals surface area (Å²) in [6, 6.07) is 5.86. The Morgan fingerprint density at radius 2 is 2.13 bits per heavy atom. The molecule has 0 N–H and O–H groups in total. The fourth-order valence-corrected chi connectivity index (χ4v) is 1.93. The molecule has 84 valence electrons. The number of methoxy groups -OCH3 is 1. The van der Waals surface area contributed by atoms with Crippen LogP contribution in [0.15, 0.2) is 22.7 Å². The van der Waals surface area contributed by atoms with Gasteiger partial charge in [0.2, 0.25) is 0 Å². The maximum absolute atomic E-state index is 5.82. The normalized spacial score (nSPS) is 10.3. The molecule has 0 aliphatic carbocycles. The molecule has 1 rings (SSSR count). The van der Waals surface area contributed by atoms with E-state index in [0.29, 0.717) is 19.1 Å². The van der Waals surface area contributed by atoms with Gasteiger partial charge in [-0.05, 0) is 22.0 Å². The number of alkyl halides is 1. The fraction of sp³-hybridized carbons (Fsp3) is 0.455. The molecule has 4 heteroatoms. The summed E-state index contributed by atoms with van der Waals surface area (Å²) in [5, 5.41) is 0. The van der Waals surface area contributed by atoms with Crippen LogP contribution in [0.25, 0.3) is 0 Å². The lowest BCUT2D eigenvalue weighted by molar-refractivity contribution is 0.171. The lowest BCUT2D eigenvalue weighted by atomic mass is 10.2. The average Bonchev–Trinajstić information content (AvgIpc) is 2.26. The third-order valence-corrected chi connectivity index (χ3v) is 2.84. The molecule has 2 nitrogen and oxygen atoms in total. The van der Waals surface area contributed by atoms with Crippen molar-refractivity contribution in [2.45, 2.75) is 12.3 Å². The molecule has 0 spiro atoms. The molecule has 0 radical (unpaired) electrons. The highest BCUT2D eigenvalue weighted by atomic mass is 79.9. The summed E-state index contributed by atoms with van der Waals surface area (Å²) < 4.78 is 11.5. The van der Waals surface area contributed by atoms with E-state index in [-0.39, 0.29) is 0 Å². The standard InChI is InChI=1S/C11H14BrClO2/c1-14-6-3-7-15-11-9(8-13)4-2-5-10(11)12/h2,4-5H,3,6-8H2,1H3. The molecule has 0 aromatic heterocycles. The summed E-state index contributed by atoms with van der Waals surface area (Å²) in [5.41, 5.74) is 1.00. The van der Waals surface area contributed by atoms with E-state index in [1.54, 1.807) is 7.11 Å². The first-order valence-electron chi connectivity index (χ1n) is 4.74. The minimum Gasteiger partial charge on any atom is -0.492 e. The Hall–Kier alpha value is -0.250. The Balaban J connectivity index is 2.58. The molecule has 0 saturated carbocycles. The number of halogens is 2. The molecule has 0 bridgehead atoms. The number of benzene rings is 1. The van der Waals surface area contributed by atoms with Crippen LogP contribution in [0.2, 0.25) is 0 Å². The van der Waals surface area contributed by atoms with Crippen LogP contribution in [-0.2, 0) is 10.6 Å². The fourth-order valence-electron chi connectivity index (χ4n) is 1.20. The van der Waals surface area contributed by atoms with Crippen LogP contribution in [-0.4, -0.2) is 20.3 Å². The molecule has 0 amide bonds. The molecule has 15 heavy (non-hydrogen) atoms. The maximum atomic E-state index is 5.82. The van der Waals surface area contributed by atoms with Crippen LogP contribution < -0.4 is 4.74 Å².